The maximum absolute atomic E-state index is 15.3. The number of ketones is 1. The molecule has 574 valence electrons. The number of benzene rings is 3. The first kappa shape index (κ1) is 86.3. The van der Waals surface area contributed by atoms with Crippen molar-refractivity contribution >= 4 is 92.4 Å². The molecule has 0 aromatic heterocycles. The van der Waals surface area contributed by atoms with E-state index in [1.165, 1.54) is 26.0 Å². The third-order valence-corrected chi connectivity index (χ3v) is 18.5. The fourth-order valence-corrected chi connectivity index (χ4v) is 13.2. The Bertz CT molecular complexity index is 3330. The molecular weight excluding hydrogens is 1380 g/mol. The monoisotopic (exact) mass is 1490 g/mol. The molecule has 0 unspecified atom stereocenters. The highest BCUT2D eigenvalue weighted by Crippen LogP contribution is 2.32. The summed E-state index contributed by atoms with van der Waals surface area (Å²) in [6, 6.07) is 11.2. The van der Waals surface area contributed by atoms with Crippen LogP contribution in [0.4, 0.5) is 9.59 Å². The minimum atomic E-state index is -1.84. The van der Waals surface area contributed by atoms with Gasteiger partial charge in [0.1, 0.15) is 53.2 Å². The third kappa shape index (κ3) is 32.4. The standard InChI is InChI=1S/C73H106N10O19S2/c1-10-18-60(88)74-31-33-98-35-37-100-38-36-99-34-32-75-68(94)61(45(2)84)82-67(93)58-44-104-103-43-57(79-65(91)55(40-47-19-12-11-13-20-47)81-71(97)102-73(7,8)9)59(87)42-51(39-48-24-28-52(86)29-25-48)63(89)78-56(41-50-27-26-49-21-14-15-22-53(49)50)66(92)77-54(64(90)83-62(46(3)85)69(95)80-58)23-16-17-30-76-70(96)101-72(4,5)6/h11-15,19-22,24-25,27-29,45-46,51,54-58,61-62,84-86H,10,16-18,23,26,30-44H2,1-9H3,(H,74,88)(H,75,94)(H,76,96)(H,77,92)(H,78,89)(H,79,91)(H,80,95)(H,81,97)(H,82,93)(H,83,90)/t45-,46-,51-,54+,55-,56-,57+,58+,61+,62+/m1/s1. The van der Waals surface area contributed by atoms with Gasteiger partial charge in [0.25, 0.3) is 0 Å². The van der Waals surface area contributed by atoms with Gasteiger partial charge in [0, 0.05) is 62.7 Å². The number of carbonyl (C=O) groups is 11. The van der Waals surface area contributed by atoms with Crippen molar-refractivity contribution in [3.8, 4) is 5.75 Å². The van der Waals surface area contributed by atoms with Gasteiger partial charge in [-0.1, -0.05) is 101 Å². The van der Waals surface area contributed by atoms with Crippen LogP contribution in [0.3, 0.4) is 0 Å². The average molecular weight is 1490 g/mol. The number of nitrogens with one attached hydrogen (secondary N) is 10. The molecule has 13 N–H and O–H groups in total. The number of allylic oxidation sites excluding steroid dienone is 1. The molecule has 10 amide bonds. The van der Waals surface area contributed by atoms with Crippen LogP contribution in [0.25, 0.3) is 5.57 Å². The van der Waals surface area contributed by atoms with Gasteiger partial charge in [-0.15, -0.1) is 0 Å². The van der Waals surface area contributed by atoms with Crippen molar-refractivity contribution < 1.29 is 91.7 Å². The van der Waals surface area contributed by atoms with Gasteiger partial charge in [-0.05, 0) is 134 Å². The summed E-state index contributed by atoms with van der Waals surface area (Å²) < 4.78 is 27.5. The number of aromatic hydroxyl groups is 1. The molecule has 104 heavy (non-hydrogen) atoms. The Hall–Kier alpha value is -8.33. The number of carbonyl (C=O) groups excluding carboxylic acids is 11. The zero-order valence-corrected chi connectivity index (χ0v) is 62.5. The Kier molecular flexibility index (Phi) is 36.9. The molecule has 5 rings (SSSR count). The van der Waals surface area contributed by atoms with E-state index < -0.39 is 137 Å². The number of rotatable bonds is 33. The van der Waals surface area contributed by atoms with Crippen LogP contribution < -0.4 is 53.2 Å². The van der Waals surface area contributed by atoms with Crippen molar-refractivity contribution in [3.05, 3.63) is 107 Å². The summed E-state index contributed by atoms with van der Waals surface area (Å²) in [7, 11) is 1.87. The van der Waals surface area contributed by atoms with Crippen LogP contribution in [0, 0.1) is 5.92 Å². The number of hydrogen-bond acceptors (Lipinski definition) is 21. The molecule has 3 aromatic carbocycles. The third-order valence-electron chi connectivity index (χ3n) is 16.1. The summed E-state index contributed by atoms with van der Waals surface area (Å²) >= 11 is 0. The lowest BCUT2D eigenvalue weighted by atomic mass is 9.90. The van der Waals surface area contributed by atoms with Crippen LogP contribution in [-0.4, -0.2) is 217 Å². The van der Waals surface area contributed by atoms with E-state index in [-0.39, 0.29) is 108 Å². The predicted octanol–water partition coefficient (Wildman–Crippen LogP) is 3.52. The second-order valence-corrected chi connectivity index (χ2v) is 29.9. The van der Waals surface area contributed by atoms with Crippen molar-refractivity contribution in [2.75, 3.05) is 70.8 Å². The average Bonchev–Trinajstić information content (AvgIpc) is 1.59. The number of hydrogen-bond donors (Lipinski definition) is 13. The maximum Gasteiger partial charge on any atom is 0.408 e. The van der Waals surface area contributed by atoms with Crippen LogP contribution >= 0.6 is 21.6 Å². The molecule has 29 nitrogen and oxygen atoms in total. The Morgan fingerprint density at radius 1 is 0.615 bits per heavy atom. The predicted molar refractivity (Wildman–Crippen MR) is 392 cm³/mol. The highest BCUT2D eigenvalue weighted by Gasteiger charge is 2.38. The fraction of sp³-hybridized carbons (Fsp3) is 0.575. The second kappa shape index (κ2) is 44.5. The van der Waals surface area contributed by atoms with Crippen molar-refractivity contribution in [1.82, 2.24) is 53.2 Å². The van der Waals surface area contributed by atoms with Crippen LogP contribution in [-0.2, 0) is 86.1 Å². The van der Waals surface area contributed by atoms with E-state index in [1.54, 1.807) is 84.0 Å². The first-order chi connectivity index (χ1) is 49.4. The Balaban J connectivity index is 1.51. The van der Waals surface area contributed by atoms with E-state index in [1.807, 2.05) is 37.3 Å². The summed E-state index contributed by atoms with van der Waals surface area (Å²) in [5.41, 5.74) is 1.75. The molecule has 1 aliphatic carbocycles. The van der Waals surface area contributed by atoms with Crippen molar-refractivity contribution in [2.45, 2.75) is 192 Å². The van der Waals surface area contributed by atoms with E-state index in [9.17, 15) is 53.7 Å². The molecular formula is C73H106N10O19S2. The summed E-state index contributed by atoms with van der Waals surface area (Å²) in [6.45, 7) is 16.0. The quantitative estimate of drug-likeness (QED) is 0.0306. The molecule has 0 bridgehead atoms. The molecule has 2 aliphatic rings. The number of aliphatic hydroxyl groups excluding tert-OH is 2. The van der Waals surface area contributed by atoms with Crippen LogP contribution in [0.15, 0.2) is 84.9 Å². The molecule has 3 aromatic rings. The first-order valence-corrected chi connectivity index (χ1v) is 37.7. The van der Waals surface area contributed by atoms with Gasteiger partial charge in [0.2, 0.25) is 47.3 Å². The Labute approximate surface area is 616 Å². The number of amides is 10. The fourth-order valence-electron chi connectivity index (χ4n) is 10.8. The zero-order valence-electron chi connectivity index (χ0n) is 60.9. The van der Waals surface area contributed by atoms with E-state index in [0.29, 0.717) is 42.7 Å². The smallest absolute Gasteiger partial charge is 0.408 e. The Morgan fingerprint density at radius 2 is 1.22 bits per heavy atom. The largest absolute Gasteiger partial charge is 0.508 e. The summed E-state index contributed by atoms with van der Waals surface area (Å²) in [6.07, 6.45) is -1.93. The number of phenols is 1. The van der Waals surface area contributed by atoms with Crippen molar-refractivity contribution in [3.63, 3.8) is 0 Å². The van der Waals surface area contributed by atoms with Gasteiger partial charge in [-0.2, -0.15) is 0 Å². The maximum atomic E-state index is 15.3. The van der Waals surface area contributed by atoms with Crippen LogP contribution in [0.2, 0.25) is 0 Å². The number of phenolic OH excluding ortho intramolecular Hbond substituents is 1. The van der Waals surface area contributed by atoms with E-state index in [2.05, 4.69) is 53.2 Å². The normalized spacial score (nSPS) is 19.8. The zero-order chi connectivity index (χ0) is 76.4. The molecule has 31 heteroatoms. The highest BCUT2D eigenvalue weighted by atomic mass is 33.1. The number of ether oxygens (including phenoxy) is 5. The number of unbranched alkanes of at least 4 members (excludes halogenated alkanes) is 1. The molecule has 1 fully saturated rings. The van der Waals surface area contributed by atoms with Crippen LogP contribution in [0.1, 0.15) is 130 Å². The first-order valence-electron chi connectivity index (χ1n) is 35.2. The minimum absolute atomic E-state index is 0.00356. The topological polar surface area (TPSA) is 415 Å². The molecule has 1 aliphatic heterocycles. The number of aliphatic hydroxyl groups is 2. The van der Waals surface area contributed by atoms with Gasteiger partial charge in [0.15, 0.2) is 5.78 Å². The van der Waals surface area contributed by atoms with Crippen LogP contribution in [0.5, 0.6) is 5.75 Å². The lowest BCUT2D eigenvalue weighted by Gasteiger charge is -2.29. The molecule has 1 saturated heterocycles. The summed E-state index contributed by atoms with van der Waals surface area (Å²) in [4.78, 5) is 156. The van der Waals surface area contributed by atoms with Gasteiger partial charge >= 0.3 is 12.2 Å². The minimum Gasteiger partial charge on any atom is -0.508 e. The van der Waals surface area contributed by atoms with Gasteiger partial charge < -0.3 is 92.2 Å². The second-order valence-electron chi connectivity index (χ2n) is 27.3. The van der Waals surface area contributed by atoms with Crippen molar-refractivity contribution in [1.29, 1.82) is 0 Å². The van der Waals surface area contributed by atoms with E-state index in [4.69, 9.17) is 23.7 Å². The molecule has 0 radical (unpaired) electrons. The van der Waals surface area contributed by atoms with Gasteiger partial charge in [0.05, 0.1) is 57.9 Å². The molecule has 10 atom stereocenters. The highest BCUT2D eigenvalue weighted by molar-refractivity contribution is 8.76. The SMILES string of the molecule is CCCC(=O)NCCOCCOCCOCCNC(=O)[C@@H](NC(=O)[C@@H]1CSSC[C@H](NC(=O)[C@@H](Cc2ccccc2)NC(=O)OC(C)(C)C)C(=O)C[C@@H](Cc2ccc(O)cc2)C(=O)N[C@H](CC2=CCc3ccccc32)C(=O)N[C@@H](CCCCNC(=O)OC(C)(C)C)C(=O)N[C@@H]([C@@H](C)O)C(=O)N1)[C@@H](C)O. The van der Waals surface area contributed by atoms with Gasteiger partial charge in [-0.3, -0.25) is 43.2 Å². The van der Waals surface area contributed by atoms with Gasteiger partial charge in [-0.25, -0.2) is 9.59 Å². The molecule has 1 heterocycles. The van der Waals surface area contributed by atoms with E-state index in [0.717, 1.165) is 39.1 Å². The lowest BCUT2D eigenvalue weighted by Crippen LogP contribution is -2.62. The van der Waals surface area contributed by atoms with Crippen molar-refractivity contribution in [2.24, 2.45) is 5.92 Å². The molecule has 0 saturated carbocycles. The number of Topliss-reactive ketones (excluding diaryl/α,β-unsaturated/α-hetero) is 1. The number of alkyl carbamates (subject to hydrolysis) is 2. The molecule has 0 spiro atoms. The summed E-state index contributed by atoms with van der Waals surface area (Å²) in [5.74, 6) is -9.24. The van der Waals surface area contributed by atoms with E-state index >= 15 is 14.4 Å². The summed E-state index contributed by atoms with van der Waals surface area (Å²) in [5, 5.41) is 59.4. The Morgan fingerprint density at radius 3 is 1.87 bits per heavy atom. The lowest BCUT2D eigenvalue weighted by molar-refractivity contribution is -0.137. The number of fused-ring (bicyclic) bond motifs is 1.